The van der Waals surface area contributed by atoms with Crippen molar-refractivity contribution in [2.45, 2.75) is 32.6 Å². The van der Waals surface area contributed by atoms with Gasteiger partial charge in [-0.05, 0) is 18.6 Å². The Balaban J connectivity index is 2.41. The number of furan rings is 1. The summed E-state index contributed by atoms with van der Waals surface area (Å²) in [7, 11) is 3.47. The van der Waals surface area contributed by atoms with Crippen LogP contribution < -0.4 is 10.6 Å². The van der Waals surface area contributed by atoms with Crippen molar-refractivity contribution >= 4 is 11.9 Å². The summed E-state index contributed by atoms with van der Waals surface area (Å²) in [5, 5.41) is 6.50. The second-order valence-corrected chi connectivity index (χ2v) is 5.34. The SMILES string of the molecule is CCCCCNC(=NCC(=O)N(C)C)NCCc1ccco1. The van der Waals surface area contributed by atoms with Gasteiger partial charge < -0.3 is 20.0 Å². The molecule has 0 spiro atoms. The van der Waals surface area contributed by atoms with Crippen LogP contribution in [0, 0.1) is 0 Å². The topological polar surface area (TPSA) is 69.9 Å². The minimum atomic E-state index is -0.0132. The first-order valence-electron chi connectivity index (χ1n) is 7.88. The summed E-state index contributed by atoms with van der Waals surface area (Å²) in [5.41, 5.74) is 0. The van der Waals surface area contributed by atoms with Crippen LogP contribution in [-0.4, -0.2) is 50.5 Å². The maximum Gasteiger partial charge on any atom is 0.243 e. The smallest absolute Gasteiger partial charge is 0.243 e. The molecule has 0 aliphatic rings. The summed E-state index contributed by atoms with van der Waals surface area (Å²) in [6, 6.07) is 3.83. The van der Waals surface area contributed by atoms with Crippen LogP contribution in [0.15, 0.2) is 27.8 Å². The molecule has 0 aliphatic heterocycles. The molecule has 0 bridgehead atoms. The van der Waals surface area contributed by atoms with Gasteiger partial charge in [0.15, 0.2) is 5.96 Å². The van der Waals surface area contributed by atoms with E-state index < -0.39 is 0 Å². The van der Waals surface area contributed by atoms with Crippen LogP contribution in [-0.2, 0) is 11.2 Å². The number of hydrogen-bond acceptors (Lipinski definition) is 3. The third-order valence-electron chi connectivity index (χ3n) is 3.19. The molecule has 0 saturated heterocycles. The van der Waals surface area contributed by atoms with Crippen LogP contribution in [0.4, 0.5) is 0 Å². The average Bonchev–Trinajstić information content (AvgIpc) is 3.01. The molecule has 124 valence electrons. The number of hydrogen-bond donors (Lipinski definition) is 2. The molecule has 0 unspecified atom stereocenters. The Hall–Kier alpha value is -1.98. The highest BCUT2D eigenvalue weighted by Crippen LogP contribution is 1.99. The molecule has 0 atom stereocenters. The van der Waals surface area contributed by atoms with Gasteiger partial charge in [0.05, 0.1) is 6.26 Å². The fourth-order valence-corrected chi connectivity index (χ4v) is 1.80. The minimum absolute atomic E-state index is 0.0132. The highest BCUT2D eigenvalue weighted by molar-refractivity contribution is 5.84. The van der Waals surface area contributed by atoms with Crippen molar-refractivity contribution in [2.24, 2.45) is 4.99 Å². The van der Waals surface area contributed by atoms with Crippen LogP contribution in [0.3, 0.4) is 0 Å². The van der Waals surface area contributed by atoms with Crippen molar-refractivity contribution in [3.05, 3.63) is 24.2 Å². The van der Waals surface area contributed by atoms with Gasteiger partial charge in [-0.1, -0.05) is 19.8 Å². The van der Waals surface area contributed by atoms with Gasteiger partial charge in [-0.15, -0.1) is 0 Å². The fourth-order valence-electron chi connectivity index (χ4n) is 1.80. The Morgan fingerprint density at radius 1 is 1.27 bits per heavy atom. The van der Waals surface area contributed by atoms with Gasteiger partial charge in [0.1, 0.15) is 12.3 Å². The normalized spacial score (nSPS) is 11.3. The van der Waals surface area contributed by atoms with Crippen molar-refractivity contribution in [2.75, 3.05) is 33.7 Å². The number of carbonyl (C=O) groups excluding carboxylic acids is 1. The van der Waals surface area contributed by atoms with Crippen molar-refractivity contribution < 1.29 is 9.21 Å². The molecule has 0 saturated carbocycles. The zero-order valence-electron chi connectivity index (χ0n) is 13.9. The van der Waals surface area contributed by atoms with Crippen LogP contribution in [0.5, 0.6) is 0 Å². The number of unbranched alkanes of at least 4 members (excludes halogenated alkanes) is 2. The van der Waals surface area contributed by atoms with Gasteiger partial charge in [-0.3, -0.25) is 4.79 Å². The van der Waals surface area contributed by atoms with Gasteiger partial charge >= 0.3 is 0 Å². The van der Waals surface area contributed by atoms with Gasteiger partial charge in [0.25, 0.3) is 0 Å². The van der Waals surface area contributed by atoms with E-state index in [1.807, 2.05) is 12.1 Å². The number of guanidine groups is 1. The number of aliphatic imine (C=N–C) groups is 1. The van der Waals surface area contributed by atoms with E-state index in [9.17, 15) is 4.79 Å². The molecule has 1 rings (SSSR count). The van der Waals surface area contributed by atoms with E-state index in [0.717, 1.165) is 25.1 Å². The van der Waals surface area contributed by atoms with Gasteiger partial charge in [0, 0.05) is 33.6 Å². The highest BCUT2D eigenvalue weighted by atomic mass is 16.3. The maximum absolute atomic E-state index is 11.6. The molecule has 1 aromatic heterocycles. The molecule has 1 aromatic rings. The maximum atomic E-state index is 11.6. The van der Waals surface area contributed by atoms with E-state index in [4.69, 9.17) is 4.42 Å². The quantitative estimate of drug-likeness (QED) is 0.413. The highest BCUT2D eigenvalue weighted by Gasteiger charge is 2.04. The number of rotatable bonds is 9. The lowest BCUT2D eigenvalue weighted by Crippen LogP contribution is -2.40. The number of amides is 1. The number of carbonyl (C=O) groups is 1. The summed E-state index contributed by atoms with van der Waals surface area (Å²) >= 11 is 0. The van der Waals surface area contributed by atoms with Gasteiger partial charge in [-0.2, -0.15) is 0 Å². The molecule has 1 amide bonds. The lowest BCUT2D eigenvalue weighted by molar-refractivity contribution is -0.127. The second-order valence-electron chi connectivity index (χ2n) is 5.34. The van der Waals surface area contributed by atoms with E-state index in [1.165, 1.54) is 12.8 Å². The summed E-state index contributed by atoms with van der Waals surface area (Å²) in [6.07, 6.45) is 5.91. The zero-order chi connectivity index (χ0) is 16.2. The Morgan fingerprint density at radius 3 is 2.68 bits per heavy atom. The Kier molecular flexibility index (Phi) is 8.79. The summed E-state index contributed by atoms with van der Waals surface area (Å²) in [6.45, 7) is 3.89. The van der Waals surface area contributed by atoms with Crippen molar-refractivity contribution in [1.29, 1.82) is 0 Å². The molecule has 22 heavy (non-hydrogen) atoms. The summed E-state index contributed by atoms with van der Waals surface area (Å²) in [4.78, 5) is 17.5. The number of nitrogens with zero attached hydrogens (tertiary/aromatic N) is 2. The van der Waals surface area contributed by atoms with Crippen LogP contribution in [0.2, 0.25) is 0 Å². The first-order valence-corrected chi connectivity index (χ1v) is 7.88. The van der Waals surface area contributed by atoms with Crippen LogP contribution in [0.1, 0.15) is 31.9 Å². The molecular formula is C16H28N4O2. The number of nitrogens with one attached hydrogen (secondary N) is 2. The van der Waals surface area contributed by atoms with Crippen molar-refractivity contribution in [1.82, 2.24) is 15.5 Å². The zero-order valence-corrected chi connectivity index (χ0v) is 13.9. The third kappa shape index (κ3) is 7.71. The lowest BCUT2D eigenvalue weighted by atomic mass is 10.2. The molecule has 2 N–H and O–H groups in total. The van der Waals surface area contributed by atoms with E-state index in [-0.39, 0.29) is 12.5 Å². The van der Waals surface area contributed by atoms with E-state index >= 15 is 0 Å². The van der Waals surface area contributed by atoms with E-state index in [2.05, 4.69) is 22.5 Å². The van der Waals surface area contributed by atoms with Gasteiger partial charge in [0.2, 0.25) is 5.91 Å². The molecular weight excluding hydrogens is 280 g/mol. The van der Waals surface area contributed by atoms with E-state index in [1.54, 1.807) is 25.3 Å². The molecule has 0 aromatic carbocycles. The van der Waals surface area contributed by atoms with E-state index in [0.29, 0.717) is 12.5 Å². The Bertz CT molecular complexity index is 441. The number of likely N-dealkylation sites (N-methyl/N-ethyl adjacent to an activating group) is 1. The molecule has 0 fully saturated rings. The fraction of sp³-hybridized carbons (Fsp3) is 0.625. The first-order chi connectivity index (χ1) is 10.6. The molecule has 1 heterocycles. The second kappa shape index (κ2) is 10.7. The van der Waals surface area contributed by atoms with Crippen molar-refractivity contribution in [3.63, 3.8) is 0 Å². The van der Waals surface area contributed by atoms with Crippen molar-refractivity contribution in [3.8, 4) is 0 Å². The van der Waals surface area contributed by atoms with Crippen LogP contribution in [0.25, 0.3) is 0 Å². The standard InChI is InChI=1S/C16H28N4O2/c1-4-5-6-10-17-16(19-13-15(21)20(2)3)18-11-9-14-8-7-12-22-14/h7-8,12H,4-6,9-11,13H2,1-3H3,(H2,17,18,19). The minimum Gasteiger partial charge on any atom is -0.469 e. The summed E-state index contributed by atoms with van der Waals surface area (Å²) in [5.74, 6) is 1.60. The Morgan fingerprint density at radius 2 is 2.05 bits per heavy atom. The summed E-state index contributed by atoms with van der Waals surface area (Å²) < 4.78 is 5.30. The van der Waals surface area contributed by atoms with Crippen LogP contribution >= 0.6 is 0 Å². The molecule has 0 radical (unpaired) electrons. The average molecular weight is 308 g/mol. The molecule has 6 nitrogen and oxygen atoms in total. The predicted octanol–water partition coefficient (Wildman–Crippen LogP) is 1.64. The van der Waals surface area contributed by atoms with Gasteiger partial charge in [-0.25, -0.2) is 4.99 Å². The monoisotopic (exact) mass is 308 g/mol. The molecule has 0 aliphatic carbocycles. The lowest BCUT2D eigenvalue weighted by Gasteiger charge is -2.13. The molecule has 6 heteroatoms. The predicted molar refractivity (Wildman–Crippen MR) is 88.9 cm³/mol. The Labute approximate surface area is 133 Å². The first kappa shape index (κ1) is 18.1. The third-order valence-corrected chi connectivity index (χ3v) is 3.19. The largest absolute Gasteiger partial charge is 0.469 e.